The van der Waals surface area contributed by atoms with E-state index in [0.29, 0.717) is 6.07 Å². The molecule has 182 valence electrons. The second kappa shape index (κ2) is 8.89. The molecule has 0 aliphatic carbocycles. The molecule has 16 nitrogen and oxygen atoms in total. The first-order chi connectivity index (χ1) is 17.0. The molecule has 0 aliphatic rings. The first kappa shape index (κ1) is 24.0. The average Bonchev–Trinajstić information content (AvgIpc) is 3.28. The van der Waals surface area contributed by atoms with Crippen molar-refractivity contribution in [1.29, 1.82) is 0 Å². The number of nitrogens with zero attached hydrogens (tertiary/aromatic N) is 7. The van der Waals surface area contributed by atoms with E-state index in [0.717, 1.165) is 39.9 Å². The van der Waals surface area contributed by atoms with Crippen LogP contribution in [0.25, 0.3) is 22.8 Å². The second-order valence-corrected chi connectivity index (χ2v) is 8.42. The van der Waals surface area contributed by atoms with Crippen LogP contribution in [0.15, 0.2) is 71.6 Å². The fourth-order valence-electron chi connectivity index (χ4n) is 3.24. The van der Waals surface area contributed by atoms with E-state index in [1.807, 2.05) is 0 Å². The minimum absolute atomic E-state index is 0.122. The third-order valence-electron chi connectivity index (χ3n) is 4.84. The Morgan fingerprint density at radius 1 is 0.833 bits per heavy atom. The molecule has 0 amide bonds. The predicted molar refractivity (Wildman–Crippen MR) is 118 cm³/mol. The van der Waals surface area contributed by atoms with Crippen molar-refractivity contribution < 1.29 is 32.5 Å². The van der Waals surface area contributed by atoms with Gasteiger partial charge in [-0.15, -0.1) is 0 Å². The van der Waals surface area contributed by atoms with E-state index in [4.69, 9.17) is 0 Å². The minimum atomic E-state index is -4.72. The number of aromatic nitrogens is 4. The Hall–Kier alpha value is -5.16. The highest BCUT2D eigenvalue weighted by Gasteiger charge is 2.33. The quantitative estimate of drug-likeness (QED) is 0.163. The number of nitro benzene ring substituents is 3. The van der Waals surface area contributed by atoms with Gasteiger partial charge in [0.2, 0.25) is 0 Å². The lowest BCUT2D eigenvalue weighted by Gasteiger charge is -2.01. The molecule has 4 aromatic rings. The van der Waals surface area contributed by atoms with E-state index < -0.39 is 41.2 Å². The van der Waals surface area contributed by atoms with E-state index in [-0.39, 0.29) is 28.5 Å². The van der Waals surface area contributed by atoms with Gasteiger partial charge in [0, 0.05) is 29.1 Å². The maximum absolute atomic E-state index is 11.9. The van der Waals surface area contributed by atoms with Gasteiger partial charge in [-0.2, -0.15) is 8.42 Å². The zero-order valence-corrected chi connectivity index (χ0v) is 18.4. The molecule has 0 fully saturated rings. The first-order valence-corrected chi connectivity index (χ1v) is 11.1. The van der Waals surface area contributed by atoms with Crippen LogP contribution >= 0.6 is 0 Å². The smallest absolute Gasteiger partial charge is 0.282 e. The van der Waals surface area contributed by atoms with Crippen molar-refractivity contribution in [3.05, 3.63) is 97.1 Å². The Bertz CT molecular complexity index is 1650. The molecule has 0 radical (unpaired) electrons. The lowest BCUT2D eigenvalue weighted by Crippen LogP contribution is -2.43. The topological polar surface area (TPSA) is 218 Å². The number of tetrazole rings is 1. The summed E-state index contributed by atoms with van der Waals surface area (Å²) in [6.07, 6.45) is 0. The maximum atomic E-state index is 11.9. The lowest BCUT2D eigenvalue weighted by atomic mass is 10.2. The number of nitro groups is 3. The molecule has 0 saturated carbocycles. The van der Waals surface area contributed by atoms with Gasteiger partial charge in [-0.05, 0) is 34.2 Å². The van der Waals surface area contributed by atoms with Crippen molar-refractivity contribution in [3.8, 4) is 22.8 Å². The highest BCUT2D eigenvalue weighted by Crippen LogP contribution is 2.27. The molecule has 0 unspecified atom stereocenters. The largest absolute Gasteiger partial charge is 0.341 e. The number of benzene rings is 3. The van der Waals surface area contributed by atoms with Gasteiger partial charge in [0.1, 0.15) is 10.6 Å². The lowest BCUT2D eigenvalue weighted by molar-refractivity contribution is -0.736. The predicted octanol–water partition coefficient (Wildman–Crippen LogP) is 2.18. The summed E-state index contributed by atoms with van der Waals surface area (Å²) < 4.78 is 33.4. The highest BCUT2D eigenvalue weighted by atomic mass is 32.2. The Balaban J connectivity index is 2.02. The van der Waals surface area contributed by atoms with Gasteiger partial charge in [-0.25, -0.2) is 0 Å². The number of hydrogen-bond donors (Lipinski definition) is 1. The molecule has 3 aromatic carbocycles. The Labute approximate surface area is 199 Å². The van der Waals surface area contributed by atoms with Crippen LogP contribution in [0.5, 0.6) is 0 Å². The SMILES string of the molecule is O=[N+]([O-])c1ccc(-n2nc(-c3ccccc3S(=O)(=O)O)n[n+]2-c2ccc([N+](=O)[O-])cc2[N+](=O)[O-])cc1. The molecule has 0 saturated heterocycles. The Kier molecular flexibility index (Phi) is 5.92. The van der Waals surface area contributed by atoms with Gasteiger partial charge in [-0.3, -0.25) is 34.9 Å². The van der Waals surface area contributed by atoms with E-state index in [1.54, 1.807) is 0 Å². The van der Waals surface area contributed by atoms with E-state index in [9.17, 15) is 43.3 Å². The molecule has 0 aliphatic heterocycles. The maximum Gasteiger partial charge on any atom is 0.341 e. The molecule has 0 spiro atoms. The van der Waals surface area contributed by atoms with Crippen molar-refractivity contribution >= 4 is 27.2 Å². The molecule has 36 heavy (non-hydrogen) atoms. The summed E-state index contributed by atoms with van der Waals surface area (Å²) in [7, 11) is -4.72. The summed E-state index contributed by atoms with van der Waals surface area (Å²) in [6.45, 7) is 0. The Morgan fingerprint density at radius 3 is 2.03 bits per heavy atom. The van der Waals surface area contributed by atoms with Gasteiger partial charge < -0.3 is 0 Å². The van der Waals surface area contributed by atoms with Crippen molar-refractivity contribution in [2.45, 2.75) is 4.90 Å². The van der Waals surface area contributed by atoms with Gasteiger partial charge >= 0.3 is 11.5 Å². The van der Waals surface area contributed by atoms with E-state index in [1.165, 1.54) is 30.3 Å². The van der Waals surface area contributed by atoms with Crippen LogP contribution in [0, 0.1) is 30.3 Å². The molecule has 1 N–H and O–H groups in total. The van der Waals surface area contributed by atoms with E-state index >= 15 is 0 Å². The van der Waals surface area contributed by atoms with Crippen molar-refractivity contribution in [2.24, 2.45) is 0 Å². The number of hydrogen-bond acceptors (Lipinski definition) is 10. The van der Waals surface area contributed by atoms with Gasteiger partial charge in [0.15, 0.2) is 0 Å². The fourth-order valence-corrected chi connectivity index (χ4v) is 3.93. The summed E-state index contributed by atoms with van der Waals surface area (Å²) in [5.41, 5.74) is -1.87. The molecule has 1 aromatic heterocycles. The van der Waals surface area contributed by atoms with Crippen LogP contribution in [-0.2, 0) is 10.1 Å². The van der Waals surface area contributed by atoms with Crippen LogP contribution in [0.4, 0.5) is 17.1 Å². The van der Waals surface area contributed by atoms with Crippen LogP contribution < -0.4 is 4.80 Å². The van der Waals surface area contributed by atoms with Crippen molar-refractivity contribution in [2.75, 3.05) is 0 Å². The van der Waals surface area contributed by atoms with E-state index in [2.05, 4.69) is 10.2 Å². The molecule has 4 rings (SSSR count). The minimum Gasteiger partial charge on any atom is -0.282 e. The average molecular weight is 514 g/mol. The summed E-state index contributed by atoms with van der Waals surface area (Å²) >= 11 is 0. The van der Waals surface area contributed by atoms with Crippen LogP contribution in [0.3, 0.4) is 0 Å². The summed E-state index contributed by atoms with van der Waals surface area (Å²) in [6, 6.07) is 12.7. The fraction of sp³-hybridized carbons (Fsp3) is 0. The van der Waals surface area contributed by atoms with Crippen LogP contribution in [-0.4, -0.2) is 42.7 Å². The highest BCUT2D eigenvalue weighted by molar-refractivity contribution is 7.86. The van der Waals surface area contributed by atoms with Crippen molar-refractivity contribution in [3.63, 3.8) is 0 Å². The molecule has 0 bridgehead atoms. The summed E-state index contributed by atoms with van der Waals surface area (Å²) in [5, 5.41) is 42.2. The third kappa shape index (κ3) is 4.45. The molecular formula is C19H12N7O9S+. The second-order valence-electron chi connectivity index (χ2n) is 7.03. The molecule has 1 heterocycles. The molecule has 17 heteroatoms. The zero-order valence-electron chi connectivity index (χ0n) is 17.6. The van der Waals surface area contributed by atoms with Crippen LogP contribution in [0.2, 0.25) is 0 Å². The monoisotopic (exact) mass is 514 g/mol. The number of non-ortho nitro benzene ring substituents is 2. The van der Waals surface area contributed by atoms with Crippen molar-refractivity contribution in [1.82, 2.24) is 15.0 Å². The molecular weight excluding hydrogens is 502 g/mol. The summed E-state index contributed by atoms with van der Waals surface area (Å²) in [5.74, 6) is -0.297. The van der Waals surface area contributed by atoms with Gasteiger partial charge in [0.25, 0.3) is 27.2 Å². The first-order valence-electron chi connectivity index (χ1n) is 9.62. The standard InChI is InChI=1S/C19H11N7O9S/c27-24(28)13-7-5-12(6-8-13)22-20-19(15-3-1-2-4-18(15)36(33,34)35)21-23(22)16-10-9-14(25(29)30)11-17(16)26(31)32/h1-11H/p+1. The normalized spacial score (nSPS) is 11.2. The van der Waals surface area contributed by atoms with Gasteiger partial charge in [0.05, 0.1) is 31.5 Å². The van der Waals surface area contributed by atoms with Gasteiger partial charge in [-0.1, -0.05) is 12.1 Å². The third-order valence-corrected chi connectivity index (χ3v) is 5.75. The van der Waals surface area contributed by atoms with Crippen LogP contribution in [0.1, 0.15) is 0 Å². The zero-order chi connectivity index (χ0) is 26.2. The molecule has 0 atom stereocenters. The number of rotatable bonds is 7. The Morgan fingerprint density at radius 2 is 1.44 bits per heavy atom. The summed E-state index contributed by atoms with van der Waals surface area (Å²) in [4.78, 5) is 32.8.